The molecule has 6 atom stereocenters. The first kappa shape index (κ1) is 26.6. The number of ketones is 2. The van der Waals surface area contributed by atoms with Crippen molar-refractivity contribution < 1.29 is 18.0 Å². The van der Waals surface area contributed by atoms with Crippen molar-refractivity contribution in [3.05, 3.63) is 34.9 Å². The predicted molar refractivity (Wildman–Crippen MR) is 146 cm³/mol. The van der Waals surface area contributed by atoms with Gasteiger partial charge in [-0.2, -0.15) is 8.42 Å². The van der Waals surface area contributed by atoms with Crippen molar-refractivity contribution >= 4 is 44.7 Å². The number of nitrogens with one attached hydrogen (secondary N) is 1. The van der Waals surface area contributed by atoms with Gasteiger partial charge < -0.3 is 5.32 Å². The number of amidine groups is 1. The van der Waals surface area contributed by atoms with Crippen LogP contribution in [0.3, 0.4) is 0 Å². The summed E-state index contributed by atoms with van der Waals surface area (Å²) in [5.41, 5.74) is 2.46. The van der Waals surface area contributed by atoms with Crippen LogP contribution in [0.2, 0.25) is 5.02 Å². The third-order valence-electron chi connectivity index (χ3n) is 10.2. The molecule has 0 radical (unpaired) electrons. The van der Waals surface area contributed by atoms with E-state index in [0.717, 1.165) is 43.4 Å². The Hall–Kier alpha value is -1.99. The van der Waals surface area contributed by atoms with Gasteiger partial charge in [0.15, 0.2) is 5.78 Å². The average Bonchev–Trinajstić information content (AvgIpc) is 3.18. The third kappa shape index (κ3) is 4.50. The highest BCUT2D eigenvalue weighted by Gasteiger charge is 2.59. The van der Waals surface area contributed by atoms with E-state index in [9.17, 15) is 18.0 Å². The normalized spacial score (nSPS) is 37.3. The lowest BCUT2D eigenvalue weighted by atomic mass is 9.47. The van der Waals surface area contributed by atoms with E-state index < -0.39 is 10.0 Å². The summed E-state index contributed by atoms with van der Waals surface area (Å²) in [6, 6.07) is 4.63. The molecule has 1 aliphatic heterocycles. The molecule has 1 heterocycles. The number of sulfonamides is 1. The van der Waals surface area contributed by atoms with Crippen LogP contribution in [0.15, 0.2) is 39.1 Å². The van der Waals surface area contributed by atoms with Gasteiger partial charge in [0.25, 0.3) is 10.0 Å². The zero-order chi connectivity index (χ0) is 26.8. The molecule has 4 aliphatic carbocycles. The van der Waals surface area contributed by atoms with Gasteiger partial charge in [0.2, 0.25) is 0 Å². The molecule has 3 fully saturated rings. The Morgan fingerprint density at radius 3 is 2.57 bits per heavy atom. The highest BCUT2D eigenvalue weighted by atomic mass is 35.5. The summed E-state index contributed by atoms with van der Waals surface area (Å²) >= 11 is 5.70. The summed E-state index contributed by atoms with van der Waals surface area (Å²) < 4.78 is 26.6. The lowest BCUT2D eigenvalue weighted by molar-refractivity contribution is -0.128. The molecule has 1 N–H and O–H groups in total. The zero-order valence-corrected chi connectivity index (χ0v) is 23.7. The molecule has 6 nitrogen and oxygen atoms in total. The van der Waals surface area contributed by atoms with Crippen LogP contribution in [0.25, 0.3) is 0 Å². The Morgan fingerprint density at radius 2 is 1.84 bits per heavy atom. The molecule has 0 amide bonds. The SMILES string of the molecule is CC(=O)[C@H]1CC[C@H]2[C@@H]3CCC4=CC(=O)CC[C@]4(C)[C@H]3CC[C@]12C.CC1=NS(=O)(=O)c2cc(Cl)ccc2N1. The van der Waals surface area contributed by atoms with Crippen molar-refractivity contribution in [1.29, 1.82) is 0 Å². The molecule has 0 aromatic heterocycles. The fourth-order valence-corrected chi connectivity index (χ4v) is 9.90. The third-order valence-corrected chi connectivity index (χ3v) is 11.9. The number of benzene rings is 1. The van der Waals surface area contributed by atoms with Crippen molar-refractivity contribution in [3.63, 3.8) is 0 Å². The molecule has 200 valence electrons. The van der Waals surface area contributed by atoms with Crippen molar-refractivity contribution in [2.24, 2.45) is 38.9 Å². The highest BCUT2D eigenvalue weighted by Crippen LogP contribution is 2.66. The van der Waals surface area contributed by atoms with Crippen LogP contribution in [-0.4, -0.2) is 25.8 Å². The van der Waals surface area contributed by atoms with Crippen LogP contribution in [0.5, 0.6) is 0 Å². The van der Waals surface area contributed by atoms with Gasteiger partial charge in [-0.15, -0.1) is 4.40 Å². The molecular weight excluding hydrogens is 508 g/mol. The van der Waals surface area contributed by atoms with E-state index in [4.69, 9.17) is 11.6 Å². The first-order chi connectivity index (χ1) is 17.3. The number of carbonyl (C=O) groups is 2. The van der Waals surface area contributed by atoms with Crippen LogP contribution in [-0.2, 0) is 19.6 Å². The largest absolute Gasteiger partial charge is 0.342 e. The lowest BCUT2D eigenvalue weighted by Crippen LogP contribution is -2.51. The minimum atomic E-state index is -3.57. The van der Waals surface area contributed by atoms with Gasteiger partial charge in [-0.1, -0.05) is 31.0 Å². The molecule has 5 aliphatic rings. The molecule has 0 bridgehead atoms. The number of halogens is 1. The number of carbonyl (C=O) groups excluding carboxylic acids is 2. The Balaban J connectivity index is 0.000000171. The van der Waals surface area contributed by atoms with Crippen molar-refractivity contribution in [3.8, 4) is 0 Å². The molecule has 1 aromatic rings. The topological polar surface area (TPSA) is 92.7 Å². The van der Waals surface area contributed by atoms with Crippen molar-refractivity contribution in [1.82, 2.24) is 0 Å². The summed E-state index contributed by atoms with van der Waals surface area (Å²) in [5.74, 6) is 3.65. The van der Waals surface area contributed by atoms with E-state index in [2.05, 4.69) is 23.6 Å². The number of anilines is 1. The molecule has 0 unspecified atom stereocenters. The number of allylic oxidation sites excluding steroid dienone is 1. The van der Waals surface area contributed by atoms with E-state index in [1.54, 1.807) is 26.0 Å². The summed E-state index contributed by atoms with van der Waals surface area (Å²) in [6.07, 6.45) is 10.9. The molecule has 1 aromatic carbocycles. The van der Waals surface area contributed by atoms with Gasteiger partial charge in [0, 0.05) is 17.4 Å². The summed E-state index contributed by atoms with van der Waals surface area (Å²) in [7, 11) is -3.57. The van der Waals surface area contributed by atoms with Gasteiger partial charge in [-0.05, 0) is 112 Å². The van der Waals surface area contributed by atoms with Crippen LogP contribution in [0.4, 0.5) is 5.69 Å². The number of fused-ring (bicyclic) bond motifs is 6. The molecule has 0 saturated heterocycles. The second-order valence-corrected chi connectivity index (χ2v) is 14.2. The van der Waals surface area contributed by atoms with Gasteiger partial charge >= 0.3 is 0 Å². The Morgan fingerprint density at radius 1 is 1.08 bits per heavy atom. The van der Waals surface area contributed by atoms with Gasteiger partial charge in [0.1, 0.15) is 16.5 Å². The van der Waals surface area contributed by atoms with Gasteiger partial charge in [-0.25, -0.2) is 0 Å². The van der Waals surface area contributed by atoms with Crippen LogP contribution >= 0.6 is 11.6 Å². The Bertz CT molecular complexity index is 1320. The molecule has 37 heavy (non-hydrogen) atoms. The van der Waals surface area contributed by atoms with Gasteiger partial charge in [-0.3, -0.25) is 9.59 Å². The lowest BCUT2D eigenvalue weighted by Gasteiger charge is -2.58. The summed E-state index contributed by atoms with van der Waals surface area (Å²) in [4.78, 5) is 24.1. The quantitative estimate of drug-likeness (QED) is 0.430. The maximum Gasteiger partial charge on any atom is 0.286 e. The van der Waals surface area contributed by atoms with Crippen LogP contribution in [0.1, 0.15) is 79.1 Å². The van der Waals surface area contributed by atoms with E-state index in [-0.39, 0.29) is 15.7 Å². The van der Waals surface area contributed by atoms with E-state index in [1.165, 1.54) is 37.3 Å². The number of nitrogens with zero attached hydrogens (tertiary/aromatic N) is 1. The smallest absolute Gasteiger partial charge is 0.286 e. The Labute approximate surface area is 225 Å². The van der Waals surface area contributed by atoms with Gasteiger partial charge in [0.05, 0.1) is 5.69 Å². The zero-order valence-electron chi connectivity index (χ0n) is 22.1. The molecule has 6 rings (SSSR count). The summed E-state index contributed by atoms with van der Waals surface area (Å²) in [6.45, 7) is 8.24. The molecule has 3 saturated carbocycles. The number of Topliss-reactive ketones (excluding diaryl/α,β-unsaturated/α-hetero) is 1. The fourth-order valence-electron chi connectivity index (χ4n) is 8.49. The maximum atomic E-state index is 12.1. The standard InChI is InChI=1S/C21H30O2.C8H7ClN2O2S/c1-13(22)17-6-7-18-16-5-4-14-12-15(23)8-10-20(14,2)19(16)9-11-21(17,18)3;1-5-10-7-3-2-6(9)4-8(7)14(12,13)11-5/h12,16-19H,4-11H2,1-3H3;2-4H,1H3,(H,10,11)/t16-,17+,18-,19-,20-,21+;/m0./s1. The summed E-state index contributed by atoms with van der Waals surface area (Å²) in [5, 5.41) is 3.23. The van der Waals surface area contributed by atoms with E-state index in [0.29, 0.717) is 34.0 Å². The number of rotatable bonds is 1. The molecule has 0 spiro atoms. The number of hydrogen-bond acceptors (Lipinski definition) is 5. The molecular formula is C29H37ClN2O4S. The van der Waals surface area contributed by atoms with E-state index in [1.807, 2.05) is 6.08 Å². The van der Waals surface area contributed by atoms with E-state index >= 15 is 0 Å². The fraction of sp³-hybridized carbons (Fsp3) is 0.621. The second kappa shape index (κ2) is 9.33. The highest BCUT2D eigenvalue weighted by molar-refractivity contribution is 7.90. The first-order valence-corrected chi connectivity index (χ1v) is 15.3. The maximum absolute atomic E-state index is 12.1. The second-order valence-electron chi connectivity index (χ2n) is 12.2. The van der Waals surface area contributed by atoms with Crippen molar-refractivity contribution in [2.45, 2.75) is 84.0 Å². The first-order valence-electron chi connectivity index (χ1n) is 13.5. The molecule has 8 heteroatoms. The number of hydrogen-bond donors (Lipinski definition) is 1. The van der Waals surface area contributed by atoms with Crippen LogP contribution in [0, 0.1) is 34.5 Å². The minimum Gasteiger partial charge on any atom is -0.342 e. The Kier molecular flexibility index (Phi) is 6.71. The van der Waals surface area contributed by atoms with Crippen LogP contribution < -0.4 is 5.32 Å². The minimum absolute atomic E-state index is 0.121. The average molecular weight is 545 g/mol. The monoisotopic (exact) mass is 544 g/mol. The predicted octanol–water partition coefficient (Wildman–Crippen LogP) is 6.60. The van der Waals surface area contributed by atoms with Crippen molar-refractivity contribution in [2.75, 3.05) is 5.32 Å².